The lowest BCUT2D eigenvalue weighted by molar-refractivity contribution is -0.161. The summed E-state index contributed by atoms with van der Waals surface area (Å²) in [6, 6.07) is 0. The van der Waals surface area contributed by atoms with Crippen molar-refractivity contribution in [2.75, 3.05) is 40.5 Å². The molecule has 0 aliphatic heterocycles. The molecule has 304 valence electrons. The topological polar surface area (TPSA) is 112 Å². The van der Waals surface area contributed by atoms with Gasteiger partial charge in [0.1, 0.15) is 6.61 Å². The molecule has 0 aromatic carbocycles. The van der Waals surface area contributed by atoms with E-state index >= 15 is 0 Å². The Labute approximate surface area is 323 Å². The van der Waals surface area contributed by atoms with E-state index in [4.69, 9.17) is 18.5 Å². The lowest BCUT2D eigenvalue weighted by Gasteiger charge is -2.20. The summed E-state index contributed by atoms with van der Waals surface area (Å²) in [6.45, 7) is 4.09. The maximum Gasteiger partial charge on any atom is 0.472 e. The van der Waals surface area contributed by atoms with Crippen molar-refractivity contribution in [3.63, 3.8) is 0 Å². The number of carbonyl (C=O) groups is 2. The third-order valence-electron chi connectivity index (χ3n) is 8.00. The van der Waals surface area contributed by atoms with Gasteiger partial charge in [0.2, 0.25) is 0 Å². The van der Waals surface area contributed by atoms with E-state index in [0.29, 0.717) is 25.8 Å². The number of likely N-dealkylation sites (N-methyl/N-ethyl adjacent to an activating group) is 1. The van der Waals surface area contributed by atoms with Crippen LogP contribution in [0.2, 0.25) is 0 Å². The first-order valence-corrected chi connectivity index (χ1v) is 21.7. The summed E-state index contributed by atoms with van der Waals surface area (Å²) < 4.78 is 33.3. The second-order valence-electron chi connectivity index (χ2n) is 13.4. The highest BCUT2D eigenvalue weighted by Crippen LogP contribution is 2.43. The molecule has 0 bridgehead atoms. The number of allylic oxidation sites excluding steroid dienone is 12. The number of hydrogen-bond donors (Lipinski definition) is 1. The van der Waals surface area contributed by atoms with Gasteiger partial charge in [-0.25, -0.2) is 4.57 Å². The fourth-order valence-corrected chi connectivity index (χ4v) is 5.63. The van der Waals surface area contributed by atoms with E-state index in [1.165, 1.54) is 32.1 Å². The molecule has 0 aromatic heterocycles. The van der Waals surface area contributed by atoms with Gasteiger partial charge in [-0.15, -0.1) is 0 Å². The molecule has 10 heteroatoms. The lowest BCUT2D eigenvalue weighted by atomic mass is 10.1. The van der Waals surface area contributed by atoms with Crippen LogP contribution < -0.4 is 0 Å². The number of hydrogen-bond acceptors (Lipinski definition) is 8. The zero-order valence-electron chi connectivity index (χ0n) is 33.7. The number of phosphoric ester groups is 1. The molecule has 0 fully saturated rings. The number of rotatable bonds is 36. The van der Waals surface area contributed by atoms with Gasteiger partial charge in [-0.2, -0.15) is 0 Å². The summed E-state index contributed by atoms with van der Waals surface area (Å²) in [5.74, 6) is -0.889. The van der Waals surface area contributed by atoms with E-state index in [1.807, 2.05) is 20.2 Å². The van der Waals surface area contributed by atoms with E-state index in [2.05, 4.69) is 80.7 Å². The summed E-state index contributed by atoms with van der Waals surface area (Å²) in [6.07, 6.45) is 43.8. The predicted molar refractivity (Wildman–Crippen MR) is 220 cm³/mol. The van der Waals surface area contributed by atoms with Gasteiger partial charge >= 0.3 is 19.8 Å². The Morgan fingerprint density at radius 1 is 0.604 bits per heavy atom. The number of carbonyl (C=O) groups excluding carboxylic acids is 2. The lowest BCUT2D eigenvalue weighted by Crippen LogP contribution is -2.29. The summed E-state index contributed by atoms with van der Waals surface area (Å²) in [7, 11) is -0.753. The minimum atomic E-state index is -4.38. The first-order chi connectivity index (χ1) is 25.7. The van der Waals surface area contributed by atoms with Crippen LogP contribution in [0, 0.1) is 0 Å². The Hall–Kier alpha value is -2.55. The van der Waals surface area contributed by atoms with Crippen LogP contribution in [0.1, 0.15) is 142 Å². The fourth-order valence-electron chi connectivity index (χ4n) is 4.89. The standard InChI is InChI=1S/C43H74NO8P/c1-5-7-9-11-13-15-17-19-20-21-22-24-26-28-30-32-34-36-43(46)52-41(40-51-53(47,48)50-38-37-44(3)4)39-49-42(45)35-33-31-29-27-25-23-18-16-14-12-10-8-6-2/h7,9,13,15-16,18-20,22,24,28,30,41H,5-6,8,10-12,14,17,21,23,25-27,29,31-40H2,1-4H3,(H,47,48)/b9-7-,15-13-,18-16-,20-19-,24-22-,30-28-. The molecule has 0 aliphatic carbocycles. The Morgan fingerprint density at radius 2 is 1.09 bits per heavy atom. The van der Waals surface area contributed by atoms with Crippen molar-refractivity contribution in [3.05, 3.63) is 72.9 Å². The maximum absolute atomic E-state index is 12.6. The molecular weight excluding hydrogens is 689 g/mol. The molecule has 0 radical (unpaired) electrons. The first kappa shape index (κ1) is 50.5. The number of nitrogens with zero attached hydrogens (tertiary/aromatic N) is 1. The Kier molecular flexibility index (Phi) is 35.9. The SMILES string of the molecule is CC/C=C\C/C=C\C/C=C\C/C=C\C/C=C\CCCC(=O)OC(COC(=O)CCCCCCC/C=C\CCCCCC)COP(=O)(O)OCCN(C)C. The van der Waals surface area contributed by atoms with Crippen LogP contribution >= 0.6 is 7.82 Å². The van der Waals surface area contributed by atoms with E-state index in [9.17, 15) is 19.0 Å². The van der Waals surface area contributed by atoms with Gasteiger partial charge in [0.15, 0.2) is 6.10 Å². The molecule has 0 saturated heterocycles. The van der Waals surface area contributed by atoms with Gasteiger partial charge in [0, 0.05) is 19.4 Å². The molecule has 53 heavy (non-hydrogen) atoms. The van der Waals surface area contributed by atoms with Crippen molar-refractivity contribution < 1.29 is 37.6 Å². The second-order valence-corrected chi connectivity index (χ2v) is 14.9. The number of esters is 2. The molecule has 0 rings (SSSR count). The van der Waals surface area contributed by atoms with Crippen LogP contribution in [-0.2, 0) is 32.7 Å². The van der Waals surface area contributed by atoms with Crippen LogP contribution in [0.5, 0.6) is 0 Å². The van der Waals surface area contributed by atoms with E-state index < -0.39 is 32.5 Å². The zero-order chi connectivity index (χ0) is 39.1. The van der Waals surface area contributed by atoms with Gasteiger partial charge in [0.25, 0.3) is 0 Å². The third kappa shape index (κ3) is 39.0. The van der Waals surface area contributed by atoms with Gasteiger partial charge in [-0.05, 0) is 91.1 Å². The predicted octanol–water partition coefficient (Wildman–Crippen LogP) is 11.3. The molecule has 0 aromatic rings. The second kappa shape index (κ2) is 37.8. The van der Waals surface area contributed by atoms with E-state index in [-0.39, 0.29) is 26.1 Å². The number of phosphoric acid groups is 1. The van der Waals surface area contributed by atoms with E-state index in [0.717, 1.165) is 64.2 Å². The van der Waals surface area contributed by atoms with Crippen LogP contribution in [0.3, 0.4) is 0 Å². The largest absolute Gasteiger partial charge is 0.472 e. The van der Waals surface area contributed by atoms with Gasteiger partial charge in [-0.1, -0.05) is 125 Å². The number of unbranched alkanes of at least 4 members (excludes halogenated alkanes) is 10. The molecule has 9 nitrogen and oxygen atoms in total. The molecule has 0 heterocycles. The van der Waals surface area contributed by atoms with Gasteiger partial charge < -0.3 is 19.3 Å². The molecule has 2 atom stereocenters. The van der Waals surface area contributed by atoms with Gasteiger partial charge in [-0.3, -0.25) is 18.6 Å². The first-order valence-electron chi connectivity index (χ1n) is 20.2. The minimum Gasteiger partial charge on any atom is -0.462 e. The summed E-state index contributed by atoms with van der Waals surface area (Å²) >= 11 is 0. The third-order valence-corrected chi connectivity index (χ3v) is 8.98. The maximum atomic E-state index is 12.6. The fraction of sp³-hybridized carbons (Fsp3) is 0.674. The molecule has 0 saturated carbocycles. The summed E-state index contributed by atoms with van der Waals surface area (Å²) in [4.78, 5) is 36.9. The average Bonchev–Trinajstić information content (AvgIpc) is 3.12. The number of ether oxygens (including phenoxy) is 2. The average molecular weight is 764 g/mol. The van der Waals surface area contributed by atoms with Crippen LogP contribution in [0.25, 0.3) is 0 Å². The van der Waals surface area contributed by atoms with Gasteiger partial charge in [0.05, 0.1) is 13.2 Å². The van der Waals surface area contributed by atoms with Crippen molar-refractivity contribution >= 4 is 19.8 Å². The summed E-state index contributed by atoms with van der Waals surface area (Å²) in [5, 5.41) is 0. The monoisotopic (exact) mass is 764 g/mol. The van der Waals surface area contributed by atoms with Crippen LogP contribution in [0.4, 0.5) is 0 Å². The smallest absolute Gasteiger partial charge is 0.462 e. The van der Waals surface area contributed by atoms with Crippen LogP contribution in [0.15, 0.2) is 72.9 Å². The van der Waals surface area contributed by atoms with Crippen molar-refractivity contribution in [2.24, 2.45) is 0 Å². The molecule has 0 spiro atoms. The molecule has 0 aliphatic rings. The molecule has 0 amide bonds. The van der Waals surface area contributed by atoms with Crippen molar-refractivity contribution in [2.45, 2.75) is 148 Å². The highest BCUT2D eigenvalue weighted by atomic mass is 31.2. The Morgan fingerprint density at radius 3 is 1.68 bits per heavy atom. The van der Waals surface area contributed by atoms with Crippen molar-refractivity contribution in [1.29, 1.82) is 0 Å². The van der Waals surface area contributed by atoms with E-state index in [1.54, 1.807) is 4.90 Å². The molecule has 2 unspecified atom stereocenters. The van der Waals surface area contributed by atoms with Crippen LogP contribution in [-0.4, -0.2) is 68.3 Å². The molecule has 1 N–H and O–H groups in total. The van der Waals surface area contributed by atoms with Crippen molar-refractivity contribution in [3.8, 4) is 0 Å². The quantitative estimate of drug-likeness (QED) is 0.0288. The zero-order valence-corrected chi connectivity index (χ0v) is 34.6. The summed E-state index contributed by atoms with van der Waals surface area (Å²) in [5.41, 5.74) is 0. The molecular formula is C43H74NO8P. The normalized spacial score (nSPS) is 14.2. The van der Waals surface area contributed by atoms with Crippen molar-refractivity contribution in [1.82, 2.24) is 4.90 Å². The highest BCUT2D eigenvalue weighted by Gasteiger charge is 2.26. The Bertz CT molecular complexity index is 1110. The highest BCUT2D eigenvalue weighted by molar-refractivity contribution is 7.47. The minimum absolute atomic E-state index is 0.00809. The Balaban J connectivity index is 4.47.